The summed E-state index contributed by atoms with van der Waals surface area (Å²) in [6.07, 6.45) is 0.638. The lowest BCUT2D eigenvalue weighted by atomic mass is 10.4. The molecule has 0 atom stereocenters. The zero-order valence-corrected chi connectivity index (χ0v) is 8.32. The van der Waals surface area contributed by atoms with Gasteiger partial charge in [0.25, 0.3) is 0 Å². The molecule has 1 rings (SSSR count). The first-order chi connectivity index (χ1) is 6.15. The first kappa shape index (κ1) is 9.98. The molecule has 0 radical (unpaired) electrons. The molecule has 0 fully saturated rings. The van der Waals surface area contributed by atoms with Crippen molar-refractivity contribution in [1.82, 2.24) is 10.2 Å². The zero-order chi connectivity index (χ0) is 9.84. The van der Waals surface area contributed by atoms with E-state index in [9.17, 15) is 0 Å². The Morgan fingerprint density at radius 2 is 2.15 bits per heavy atom. The van der Waals surface area contributed by atoms with Crippen molar-refractivity contribution < 1.29 is 4.42 Å². The highest BCUT2D eigenvalue weighted by atomic mass is 16.4. The van der Waals surface area contributed by atoms with Crippen molar-refractivity contribution in [1.29, 1.82) is 0 Å². The molecule has 0 aromatic carbocycles. The standard InChI is InChI=1S/C8H16N4O/c1-6(2)12(3)8-11-10-7(13-8)4-5-9/h6H,4-5,9H2,1-3H3. The Morgan fingerprint density at radius 3 is 2.69 bits per heavy atom. The van der Waals surface area contributed by atoms with E-state index in [-0.39, 0.29) is 0 Å². The van der Waals surface area contributed by atoms with Crippen LogP contribution in [0, 0.1) is 0 Å². The molecule has 0 saturated heterocycles. The molecule has 1 heterocycles. The molecular formula is C8H16N4O. The van der Waals surface area contributed by atoms with Crippen LogP contribution in [0.25, 0.3) is 0 Å². The summed E-state index contributed by atoms with van der Waals surface area (Å²) in [5.74, 6) is 0.602. The molecule has 0 spiro atoms. The fourth-order valence-corrected chi connectivity index (χ4v) is 0.833. The molecule has 0 bridgehead atoms. The van der Waals surface area contributed by atoms with Gasteiger partial charge in [0.05, 0.1) is 0 Å². The normalized spacial score (nSPS) is 10.8. The van der Waals surface area contributed by atoms with E-state index in [1.54, 1.807) is 0 Å². The van der Waals surface area contributed by atoms with E-state index in [1.807, 2.05) is 11.9 Å². The molecule has 0 unspecified atom stereocenters. The number of rotatable bonds is 4. The van der Waals surface area contributed by atoms with Gasteiger partial charge in [0.1, 0.15) is 0 Å². The largest absolute Gasteiger partial charge is 0.408 e. The third-order valence-electron chi connectivity index (χ3n) is 1.89. The topological polar surface area (TPSA) is 68.2 Å². The van der Waals surface area contributed by atoms with E-state index in [1.165, 1.54) is 0 Å². The monoisotopic (exact) mass is 184 g/mol. The summed E-state index contributed by atoms with van der Waals surface area (Å²) < 4.78 is 5.37. The van der Waals surface area contributed by atoms with Crippen LogP contribution in [-0.2, 0) is 6.42 Å². The summed E-state index contributed by atoms with van der Waals surface area (Å²) in [5.41, 5.74) is 5.36. The molecule has 1 aromatic heterocycles. The van der Waals surface area contributed by atoms with Crippen molar-refractivity contribution in [3.8, 4) is 0 Å². The fourth-order valence-electron chi connectivity index (χ4n) is 0.833. The Kier molecular flexibility index (Phi) is 3.25. The molecule has 2 N–H and O–H groups in total. The molecule has 0 saturated carbocycles. The van der Waals surface area contributed by atoms with Crippen LogP contribution in [0.4, 0.5) is 6.01 Å². The van der Waals surface area contributed by atoms with E-state index < -0.39 is 0 Å². The molecule has 74 valence electrons. The molecule has 1 aromatic rings. The highest BCUT2D eigenvalue weighted by Crippen LogP contribution is 2.12. The van der Waals surface area contributed by atoms with E-state index in [4.69, 9.17) is 10.2 Å². The number of hydrogen-bond donors (Lipinski definition) is 1. The highest BCUT2D eigenvalue weighted by Gasteiger charge is 2.12. The van der Waals surface area contributed by atoms with Crippen molar-refractivity contribution >= 4 is 6.01 Å². The van der Waals surface area contributed by atoms with Crippen LogP contribution in [0.1, 0.15) is 19.7 Å². The minimum Gasteiger partial charge on any atom is -0.408 e. The third kappa shape index (κ3) is 2.42. The Hall–Kier alpha value is -1.10. The van der Waals surface area contributed by atoms with E-state index in [2.05, 4.69) is 24.0 Å². The summed E-state index contributed by atoms with van der Waals surface area (Å²) in [6, 6.07) is 0.907. The van der Waals surface area contributed by atoms with Crippen molar-refractivity contribution in [3.63, 3.8) is 0 Å². The molecule has 0 amide bonds. The van der Waals surface area contributed by atoms with Crippen LogP contribution in [-0.4, -0.2) is 29.8 Å². The van der Waals surface area contributed by atoms with Crippen LogP contribution >= 0.6 is 0 Å². The molecule has 0 aliphatic heterocycles. The van der Waals surface area contributed by atoms with Gasteiger partial charge in [-0.15, -0.1) is 5.10 Å². The average Bonchev–Trinajstić information content (AvgIpc) is 2.52. The maximum atomic E-state index is 5.37. The second-order valence-electron chi connectivity index (χ2n) is 3.22. The van der Waals surface area contributed by atoms with Gasteiger partial charge in [-0.05, 0) is 13.8 Å². The SMILES string of the molecule is CC(C)N(C)c1nnc(CCN)o1. The Bertz CT molecular complexity index is 258. The van der Waals surface area contributed by atoms with Gasteiger partial charge in [0.2, 0.25) is 5.89 Å². The molecule has 0 aliphatic rings. The van der Waals surface area contributed by atoms with Crippen molar-refractivity contribution in [2.24, 2.45) is 5.73 Å². The van der Waals surface area contributed by atoms with Gasteiger partial charge in [0.15, 0.2) is 0 Å². The fraction of sp³-hybridized carbons (Fsp3) is 0.750. The second kappa shape index (κ2) is 4.23. The predicted molar refractivity (Wildman–Crippen MR) is 50.6 cm³/mol. The minimum atomic E-state index is 0.353. The maximum absolute atomic E-state index is 5.37. The summed E-state index contributed by atoms with van der Waals surface area (Å²) in [4.78, 5) is 1.92. The second-order valence-corrected chi connectivity index (χ2v) is 3.22. The van der Waals surface area contributed by atoms with Gasteiger partial charge in [-0.2, -0.15) is 0 Å². The molecular weight excluding hydrogens is 168 g/mol. The maximum Gasteiger partial charge on any atom is 0.318 e. The van der Waals surface area contributed by atoms with E-state index in [0.29, 0.717) is 30.9 Å². The van der Waals surface area contributed by atoms with Gasteiger partial charge in [-0.25, -0.2) is 0 Å². The lowest BCUT2D eigenvalue weighted by molar-refractivity contribution is 0.481. The molecule has 5 heteroatoms. The van der Waals surface area contributed by atoms with Crippen LogP contribution in [0.15, 0.2) is 4.42 Å². The Balaban J connectivity index is 2.67. The summed E-state index contributed by atoms with van der Waals surface area (Å²) in [7, 11) is 1.92. The number of nitrogens with two attached hydrogens (primary N) is 1. The number of hydrogen-bond acceptors (Lipinski definition) is 5. The van der Waals surface area contributed by atoms with Gasteiger partial charge in [-0.1, -0.05) is 5.10 Å². The predicted octanol–water partition coefficient (Wildman–Crippen LogP) is 0.415. The molecule has 0 aliphatic carbocycles. The van der Waals surface area contributed by atoms with Gasteiger partial charge >= 0.3 is 6.01 Å². The molecule has 5 nitrogen and oxygen atoms in total. The van der Waals surface area contributed by atoms with Crippen LogP contribution in [0.5, 0.6) is 0 Å². The van der Waals surface area contributed by atoms with Gasteiger partial charge in [-0.3, -0.25) is 0 Å². The van der Waals surface area contributed by atoms with Gasteiger partial charge < -0.3 is 15.1 Å². The number of nitrogens with zero attached hydrogens (tertiary/aromatic N) is 3. The van der Waals surface area contributed by atoms with Crippen molar-refractivity contribution in [2.75, 3.05) is 18.5 Å². The quantitative estimate of drug-likeness (QED) is 0.734. The lowest BCUT2D eigenvalue weighted by Crippen LogP contribution is -2.25. The smallest absolute Gasteiger partial charge is 0.318 e. The number of aromatic nitrogens is 2. The lowest BCUT2D eigenvalue weighted by Gasteiger charge is -2.17. The molecule has 13 heavy (non-hydrogen) atoms. The van der Waals surface area contributed by atoms with E-state index >= 15 is 0 Å². The van der Waals surface area contributed by atoms with E-state index in [0.717, 1.165) is 0 Å². The number of anilines is 1. The van der Waals surface area contributed by atoms with Crippen LogP contribution < -0.4 is 10.6 Å². The summed E-state index contributed by atoms with van der Waals surface area (Å²) in [5, 5.41) is 7.78. The minimum absolute atomic E-state index is 0.353. The van der Waals surface area contributed by atoms with Crippen LogP contribution in [0.2, 0.25) is 0 Å². The first-order valence-corrected chi connectivity index (χ1v) is 4.40. The summed E-state index contributed by atoms with van der Waals surface area (Å²) >= 11 is 0. The van der Waals surface area contributed by atoms with Crippen molar-refractivity contribution in [2.45, 2.75) is 26.3 Å². The third-order valence-corrected chi connectivity index (χ3v) is 1.89. The Labute approximate surface area is 77.9 Å². The first-order valence-electron chi connectivity index (χ1n) is 4.40. The highest BCUT2D eigenvalue weighted by molar-refractivity contribution is 5.23. The zero-order valence-electron chi connectivity index (χ0n) is 8.32. The van der Waals surface area contributed by atoms with Crippen molar-refractivity contribution in [3.05, 3.63) is 5.89 Å². The average molecular weight is 184 g/mol. The Morgan fingerprint density at radius 1 is 1.46 bits per heavy atom. The van der Waals surface area contributed by atoms with Crippen LogP contribution in [0.3, 0.4) is 0 Å². The summed E-state index contributed by atoms with van der Waals surface area (Å²) in [6.45, 7) is 4.66. The van der Waals surface area contributed by atoms with Gasteiger partial charge in [0, 0.05) is 26.1 Å².